The second-order valence-corrected chi connectivity index (χ2v) is 3.26. The van der Waals surface area contributed by atoms with Gasteiger partial charge in [0.15, 0.2) is 0 Å². The lowest BCUT2D eigenvalue weighted by Gasteiger charge is -1.95. The topological polar surface area (TPSA) is 9.23 Å². The van der Waals surface area contributed by atoms with Crippen molar-refractivity contribution in [3.05, 3.63) is 23.7 Å². The lowest BCUT2D eigenvalue weighted by atomic mass is 10.5. The molecular formula is C7H10OP. The summed E-state index contributed by atoms with van der Waals surface area (Å²) < 4.78 is 5.39. The molecule has 0 aromatic carbocycles. The van der Waals surface area contributed by atoms with Crippen LogP contribution in [0.2, 0.25) is 0 Å². The molecule has 1 radical (unpaired) electrons. The molecular weight excluding hydrogens is 131 g/mol. The highest BCUT2D eigenvalue weighted by Gasteiger charge is 1.87. The number of hydrogen-bond acceptors (Lipinski definition) is 1. The van der Waals surface area contributed by atoms with Gasteiger partial charge in [-0.15, -0.1) is 0 Å². The molecule has 0 aliphatic rings. The smallest absolute Gasteiger partial charge is 0.0567 e. The Hall–Kier alpha value is -0.260. The second-order valence-electron chi connectivity index (χ2n) is 1.80. The summed E-state index contributed by atoms with van der Waals surface area (Å²) in [5.41, 5.74) is 0. The van der Waals surface area contributed by atoms with E-state index < -0.39 is 7.76 Å². The van der Waals surface area contributed by atoms with Crippen LogP contribution in [-0.4, -0.2) is 6.61 Å². The molecule has 0 spiro atoms. The van der Waals surface area contributed by atoms with Crippen LogP contribution >= 0.6 is 7.76 Å². The average Bonchev–Trinajstić information content (AvgIpc) is 2.34. The van der Waals surface area contributed by atoms with E-state index in [9.17, 15) is 0 Å². The van der Waals surface area contributed by atoms with Crippen molar-refractivity contribution in [2.45, 2.75) is 13.3 Å². The van der Waals surface area contributed by atoms with Crippen LogP contribution in [0.3, 0.4) is 0 Å². The van der Waals surface area contributed by atoms with Crippen molar-refractivity contribution in [2.75, 3.05) is 6.61 Å². The Morgan fingerprint density at radius 3 is 3.11 bits per heavy atom. The highest BCUT2D eigenvalue weighted by molar-refractivity contribution is 7.43. The second kappa shape index (κ2) is 3.71. The summed E-state index contributed by atoms with van der Waals surface area (Å²) in [6.45, 7) is 2.97. The molecule has 1 atom stereocenters. The molecule has 0 saturated carbocycles. The largest absolute Gasteiger partial charge is 0.332 e. The van der Waals surface area contributed by atoms with Crippen LogP contribution in [0.5, 0.6) is 0 Å². The summed E-state index contributed by atoms with van der Waals surface area (Å²) in [7, 11) is -0.437. The first-order chi connectivity index (χ1) is 4.43. The first-order valence-corrected chi connectivity index (χ1v) is 4.44. The van der Waals surface area contributed by atoms with Gasteiger partial charge in [-0.1, -0.05) is 13.0 Å². The minimum Gasteiger partial charge on any atom is -0.332 e. The molecule has 2 heteroatoms. The molecule has 0 N–H and O–H groups in total. The monoisotopic (exact) mass is 141 g/mol. The van der Waals surface area contributed by atoms with Gasteiger partial charge in [0, 0.05) is 13.6 Å². The maximum Gasteiger partial charge on any atom is 0.0567 e. The lowest BCUT2D eigenvalue weighted by Crippen LogP contribution is -1.89. The molecule has 49 valence electrons. The Kier molecular flexibility index (Phi) is 2.82. The first-order valence-electron chi connectivity index (χ1n) is 3.12. The molecule has 0 saturated heterocycles. The van der Waals surface area contributed by atoms with Crippen LogP contribution in [0.1, 0.15) is 13.3 Å². The van der Waals surface area contributed by atoms with Gasteiger partial charge in [0.1, 0.15) is 0 Å². The Balaban J connectivity index is 2.30. The van der Waals surface area contributed by atoms with Gasteiger partial charge < -0.3 is 4.52 Å². The molecule has 0 aliphatic carbocycles. The number of rotatable bonds is 3. The maximum absolute atomic E-state index is 5.39. The van der Waals surface area contributed by atoms with Crippen LogP contribution < -0.4 is 4.52 Å². The van der Waals surface area contributed by atoms with Gasteiger partial charge >= 0.3 is 0 Å². The highest BCUT2D eigenvalue weighted by Crippen LogP contribution is 2.21. The van der Waals surface area contributed by atoms with E-state index >= 15 is 0 Å². The fourth-order valence-electron chi connectivity index (χ4n) is 0.551. The minimum absolute atomic E-state index is 0.437. The van der Waals surface area contributed by atoms with E-state index in [1.54, 1.807) is 0 Å². The van der Waals surface area contributed by atoms with Crippen LogP contribution in [0.25, 0.3) is 0 Å². The molecule has 0 aliphatic heterocycles. The maximum atomic E-state index is 5.39. The fraction of sp³-hybridized carbons (Fsp3) is 0.429. The molecule has 1 unspecified atom stereocenters. The predicted molar refractivity (Wildman–Crippen MR) is 39.7 cm³/mol. The van der Waals surface area contributed by atoms with Crippen LogP contribution in [0.15, 0.2) is 17.9 Å². The number of hydrogen-bond donors (Lipinski definition) is 0. The van der Waals surface area contributed by atoms with Crippen LogP contribution in [0.4, 0.5) is 0 Å². The zero-order valence-electron chi connectivity index (χ0n) is 5.50. The molecule has 0 bridgehead atoms. The lowest BCUT2D eigenvalue weighted by molar-refractivity contribution is 0.427. The van der Waals surface area contributed by atoms with Crippen molar-refractivity contribution in [1.82, 2.24) is 0 Å². The van der Waals surface area contributed by atoms with Crippen molar-refractivity contribution < 1.29 is 4.52 Å². The van der Waals surface area contributed by atoms with Gasteiger partial charge in [0.25, 0.3) is 0 Å². The van der Waals surface area contributed by atoms with Gasteiger partial charge in [-0.2, -0.15) is 0 Å². The van der Waals surface area contributed by atoms with E-state index in [-0.39, 0.29) is 0 Å². The minimum atomic E-state index is -0.437. The Morgan fingerprint density at radius 1 is 1.67 bits per heavy atom. The van der Waals surface area contributed by atoms with Crippen molar-refractivity contribution in [1.29, 1.82) is 0 Å². The third kappa shape index (κ3) is 2.21. The van der Waals surface area contributed by atoms with Crippen molar-refractivity contribution in [3.63, 3.8) is 0 Å². The van der Waals surface area contributed by atoms with Gasteiger partial charge in [0.05, 0.1) is 6.61 Å². The van der Waals surface area contributed by atoms with E-state index in [4.69, 9.17) is 4.52 Å². The summed E-state index contributed by atoms with van der Waals surface area (Å²) >= 11 is 0. The van der Waals surface area contributed by atoms with Crippen molar-refractivity contribution >= 4 is 7.76 Å². The van der Waals surface area contributed by atoms with Gasteiger partial charge in [-0.05, 0) is 18.3 Å². The zero-order valence-corrected chi connectivity index (χ0v) is 6.40. The van der Waals surface area contributed by atoms with Gasteiger partial charge in [0.2, 0.25) is 0 Å². The predicted octanol–water partition coefficient (Wildman–Crippen LogP) is 2.31. The van der Waals surface area contributed by atoms with Crippen LogP contribution in [-0.2, 0) is 0 Å². The third-order valence-corrected chi connectivity index (χ3v) is 2.26. The van der Waals surface area contributed by atoms with Crippen LogP contribution in [0, 0.1) is 5.80 Å². The molecule has 1 heterocycles. The Bertz CT molecular complexity index is 146. The molecule has 1 rings (SSSR count). The third-order valence-electron chi connectivity index (χ3n) is 0.954. The SMILES string of the molecule is CCCOp1[c]ccc1. The standard InChI is InChI=1S/C7H10OP/c1-2-5-8-9-6-3-4-7-9/h3-4,6H,2,5H2,1H3. The van der Waals surface area contributed by atoms with Crippen molar-refractivity contribution in [2.24, 2.45) is 0 Å². The summed E-state index contributed by atoms with van der Waals surface area (Å²) in [4.78, 5) is 0. The Morgan fingerprint density at radius 2 is 2.56 bits per heavy atom. The normalized spacial score (nSPS) is 9.89. The summed E-state index contributed by atoms with van der Waals surface area (Å²) in [6.07, 6.45) is 1.09. The molecule has 1 aromatic rings. The van der Waals surface area contributed by atoms with Gasteiger partial charge in [-0.3, -0.25) is 0 Å². The molecule has 1 aromatic heterocycles. The average molecular weight is 141 g/mol. The zero-order chi connectivity index (χ0) is 6.53. The molecule has 9 heavy (non-hydrogen) atoms. The van der Waals surface area contributed by atoms with E-state index in [2.05, 4.69) is 18.5 Å². The van der Waals surface area contributed by atoms with Crippen molar-refractivity contribution in [3.8, 4) is 0 Å². The van der Waals surface area contributed by atoms with Gasteiger partial charge in [-0.25, -0.2) is 0 Å². The first kappa shape index (κ1) is 6.85. The summed E-state index contributed by atoms with van der Waals surface area (Å²) in [6, 6.07) is 3.91. The summed E-state index contributed by atoms with van der Waals surface area (Å²) in [5, 5.41) is 0. The molecule has 0 fully saturated rings. The van der Waals surface area contributed by atoms with E-state index in [1.807, 2.05) is 12.1 Å². The summed E-state index contributed by atoms with van der Waals surface area (Å²) in [5.74, 6) is 5.16. The molecule has 0 amide bonds. The fourth-order valence-corrected chi connectivity index (χ4v) is 1.65. The highest BCUT2D eigenvalue weighted by atomic mass is 31.1. The molecule has 1 nitrogen and oxygen atoms in total. The van der Waals surface area contributed by atoms with E-state index in [1.165, 1.54) is 0 Å². The van der Waals surface area contributed by atoms with E-state index in [0.29, 0.717) is 0 Å². The Labute approximate surface area is 56.8 Å². The quantitative estimate of drug-likeness (QED) is 0.627. The van der Waals surface area contributed by atoms with E-state index in [0.717, 1.165) is 13.0 Å².